The Morgan fingerprint density at radius 1 is 1.50 bits per heavy atom. The summed E-state index contributed by atoms with van der Waals surface area (Å²) >= 11 is 0. The Morgan fingerprint density at radius 2 is 2.17 bits per heavy atom. The highest BCUT2D eigenvalue weighted by Gasteiger charge is 2.26. The Labute approximate surface area is 73.9 Å². The first kappa shape index (κ1) is 9.36. The molecule has 70 valence electrons. The van der Waals surface area contributed by atoms with Crippen molar-refractivity contribution < 1.29 is 4.79 Å². The minimum Gasteiger partial charge on any atom is -0.351 e. The number of carbonyl (C=O) groups is 1. The predicted octanol–water partition coefficient (Wildman–Crippen LogP) is 1.58. The molecule has 0 aromatic heterocycles. The van der Waals surface area contributed by atoms with E-state index in [4.69, 9.17) is 5.73 Å². The fraction of sp³-hybridized carbons (Fsp3) is 0.889. The van der Waals surface area contributed by atoms with Crippen LogP contribution in [0.1, 0.15) is 33.1 Å². The highest BCUT2D eigenvalue weighted by atomic mass is 16.2. The van der Waals surface area contributed by atoms with Gasteiger partial charge in [0.1, 0.15) is 0 Å². The molecule has 0 bridgehead atoms. The maximum absolute atomic E-state index is 11.0. The summed E-state index contributed by atoms with van der Waals surface area (Å²) in [6.07, 6.45) is 3.44. The van der Waals surface area contributed by atoms with Crippen LogP contribution in [0.15, 0.2) is 0 Å². The van der Waals surface area contributed by atoms with Crippen molar-refractivity contribution in [2.45, 2.75) is 39.2 Å². The van der Waals surface area contributed by atoms with Crippen LogP contribution in [0.3, 0.4) is 0 Å². The molecule has 3 heteroatoms. The average molecular weight is 170 g/mol. The zero-order valence-electron chi connectivity index (χ0n) is 7.92. The number of nitrogens with zero attached hydrogens (tertiary/aromatic N) is 1. The largest absolute Gasteiger partial charge is 0.351 e. The molecule has 0 aromatic rings. The molecule has 0 saturated carbocycles. The van der Waals surface area contributed by atoms with Gasteiger partial charge < -0.3 is 10.6 Å². The number of hydrogen-bond donors (Lipinski definition) is 1. The fourth-order valence-corrected chi connectivity index (χ4v) is 1.92. The van der Waals surface area contributed by atoms with E-state index in [2.05, 4.69) is 13.8 Å². The van der Waals surface area contributed by atoms with Crippen LogP contribution in [0.4, 0.5) is 4.79 Å². The number of urea groups is 1. The standard InChI is InChI=1S/C9H18N2O/c1-7(2)8-5-3-4-6-11(8)9(10)12/h7-8H,3-6H2,1-2H3,(H2,10,12). The van der Waals surface area contributed by atoms with Crippen LogP contribution < -0.4 is 5.73 Å². The third-order valence-corrected chi connectivity index (χ3v) is 2.60. The number of carbonyl (C=O) groups excluding carboxylic acids is 1. The number of piperidine rings is 1. The second-order valence-corrected chi connectivity index (χ2v) is 3.84. The summed E-state index contributed by atoms with van der Waals surface area (Å²) < 4.78 is 0. The van der Waals surface area contributed by atoms with Crippen molar-refractivity contribution in [3.05, 3.63) is 0 Å². The van der Waals surface area contributed by atoms with E-state index in [9.17, 15) is 4.79 Å². The SMILES string of the molecule is CC(C)C1CCCCN1C(N)=O. The van der Waals surface area contributed by atoms with Crippen molar-refractivity contribution in [2.24, 2.45) is 11.7 Å². The molecule has 1 aliphatic heterocycles. The lowest BCUT2D eigenvalue weighted by Gasteiger charge is -2.36. The molecule has 1 heterocycles. The summed E-state index contributed by atoms with van der Waals surface area (Å²) in [6.45, 7) is 5.13. The number of amides is 2. The van der Waals surface area contributed by atoms with E-state index in [0.29, 0.717) is 12.0 Å². The second kappa shape index (κ2) is 3.78. The van der Waals surface area contributed by atoms with Crippen molar-refractivity contribution >= 4 is 6.03 Å². The van der Waals surface area contributed by atoms with Gasteiger partial charge in [-0.15, -0.1) is 0 Å². The molecule has 1 unspecified atom stereocenters. The molecule has 1 saturated heterocycles. The first-order valence-corrected chi connectivity index (χ1v) is 4.69. The van der Waals surface area contributed by atoms with Crippen LogP contribution >= 0.6 is 0 Å². The normalized spacial score (nSPS) is 24.6. The van der Waals surface area contributed by atoms with Crippen molar-refractivity contribution in [1.82, 2.24) is 4.90 Å². The lowest BCUT2D eigenvalue weighted by molar-refractivity contribution is 0.134. The highest BCUT2D eigenvalue weighted by Crippen LogP contribution is 2.22. The molecule has 2 amide bonds. The highest BCUT2D eigenvalue weighted by molar-refractivity contribution is 5.72. The molecule has 0 spiro atoms. The van der Waals surface area contributed by atoms with E-state index in [1.54, 1.807) is 0 Å². The molecule has 3 nitrogen and oxygen atoms in total. The monoisotopic (exact) mass is 170 g/mol. The van der Waals surface area contributed by atoms with Crippen LogP contribution in [-0.2, 0) is 0 Å². The van der Waals surface area contributed by atoms with Crippen LogP contribution in [0.2, 0.25) is 0 Å². The number of primary amides is 1. The molecular weight excluding hydrogens is 152 g/mol. The van der Waals surface area contributed by atoms with Gasteiger partial charge in [0.05, 0.1) is 0 Å². The number of rotatable bonds is 1. The van der Waals surface area contributed by atoms with E-state index in [-0.39, 0.29) is 6.03 Å². The van der Waals surface area contributed by atoms with Gasteiger partial charge in [0.15, 0.2) is 0 Å². The Morgan fingerprint density at radius 3 is 2.58 bits per heavy atom. The van der Waals surface area contributed by atoms with Crippen molar-refractivity contribution in [3.63, 3.8) is 0 Å². The Balaban J connectivity index is 2.60. The van der Waals surface area contributed by atoms with Gasteiger partial charge in [-0.3, -0.25) is 0 Å². The lowest BCUT2D eigenvalue weighted by atomic mass is 9.93. The average Bonchev–Trinajstić information content (AvgIpc) is 2.04. The number of likely N-dealkylation sites (tertiary alicyclic amines) is 1. The quantitative estimate of drug-likeness (QED) is 0.638. The van der Waals surface area contributed by atoms with Crippen LogP contribution in [-0.4, -0.2) is 23.5 Å². The molecule has 12 heavy (non-hydrogen) atoms. The fourth-order valence-electron chi connectivity index (χ4n) is 1.92. The Hall–Kier alpha value is -0.730. The molecule has 1 fully saturated rings. The summed E-state index contributed by atoms with van der Waals surface area (Å²) in [5, 5.41) is 0. The molecule has 0 aliphatic carbocycles. The van der Waals surface area contributed by atoms with Gasteiger partial charge in [-0.05, 0) is 25.2 Å². The van der Waals surface area contributed by atoms with E-state index in [1.807, 2.05) is 4.90 Å². The van der Waals surface area contributed by atoms with Crippen molar-refractivity contribution in [1.29, 1.82) is 0 Å². The van der Waals surface area contributed by atoms with Gasteiger partial charge in [0.25, 0.3) is 0 Å². The van der Waals surface area contributed by atoms with Gasteiger partial charge in [-0.2, -0.15) is 0 Å². The van der Waals surface area contributed by atoms with Crippen molar-refractivity contribution in [2.75, 3.05) is 6.54 Å². The van der Waals surface area contributed by atoms with Gasteiger partial charge in [-0.25, -0.2) is 4.79 Å². The minimum atomic E-state index is -0.256. The predicted molar refractivity (Wildman–Crippen MR) is 48.8 cm³/mol. The molecule has 0 aromatic carbocycles. The summed E-state index contributed by atoms with van der Waals surface area (Å²) in [7, 11) is 0. The van der Waals surface area contributed by atoms with E-state index in [1.165, 1.54) is 6.42 Å². The molecular formula is C9H18N2O. The minimum absolute atomic E-state index is 0.256. The van der Waals surface area contributed by atoms with Crippen LogP contribution in [0.5, 0.6) is 0 Å². The first-order valence-electron chi connectivity index (χ1n) is 4.69. The molecule has 0 radical (unpaired) electrons. The topological polar surface area (TPSA) is 46.3 Å². The molecule has 1 rings (SSSR count). The zero-order chi connectivity index (χ0) is 9.14. The van der Waals surface area contributed by atoms with Gasteiger partial charge in [-0.1, -0.05) is 13.8 Å². The third-order valence-electron chi connectivity index (χ3n) is 2.60. The second-order valence-electron chi connectivity index (χ2n) is 3.84. The summed E-state index contributed by atoms with van der Waals surface area (Å²) in [6, 6.07) is 0.115. The maximum Gasteiger partial charge on any atom is 0.315 e. The number of hydrogen-bond acceptors (Lipinski definition) is 1. The maximum atomic E-state index is 11.0. The van der Waals surface area contributed by atoms with Crippen molar-refractivity contribution in [3.8, 4) is 0 Å². The summed E-state index contributed by atoms with van der Waals surface area (Å²) in [5.41, 5.74) is 5.28. The zero-order valence-corrected chi connectivity index (χ0v) is 7.92. The third kappa shape index (κ3) is 1.90. The Bertz CT molecular complexity index is 168. The van der Waals surface area contributed by atoms with Crippen LogP contribution in [0.25, 0.3) is 0 Å². The number of nitrogens with two attached hydrogens (primary N) is 1. The van der Waals surface area contributed by atoms with Crippen LogP contribution in [0, 0.1) is 5.92 Å². The van der Waals surface area contributed by atoms with E-state index in [0.717, 1.165) is 19.4 Å². The Kier molecular flexibility index (Phi) is 2.95. The molecule has 1 aliphatic rings. The van der Waals surface area contributed by atoms with Gasteiger partial charge in [0.2, 0.25) is 0 Å². The molecule has 2 N–H and O–H groups in total. The lowest BCUT2D eigenvalue weighted by Crippen LogP contribution is -2.48. The molecule has 1 atom stereocenters. The first-order chi connectivity index (χ1) is 5.63. The summed E-state index contributed by atoms with van der Waals surface area (Å²) in [4.78, 5) is 12.8. The van der Waals surface area contributed by atoms with Gasteiger partial charge in [0, 0.05) is 12.6 Å². The summed E-state index contributed by atoms with van der Waals surface area (Å²) in [5.74, 6) is 0.526. The van der Waals surface area contributed by atoms with E-state index >= 15 is 0 Å². The van der Waals surface area contributed by atoms with Gasteiger partial charge >= 0.3 is 6.03 Å². The smallest absolute Gasteiger partial charge is 0.315 e. The van der Waals surface area contributed by atoms with E-state index < -0.39 is 0 Å².